The molecule has 1 aliphatic heterocycles. The second kappa shape index (κ2) is 17.5. The topological polar surface area (TPSA) is 45.4 Å². The van der Waals surface area contributed by atoms with E-state index in [-0.39, 0.29) is 0 Å². The Kier molecular flexibility index (Phi) is 15.1. The normalized spacial score (nSPS) is 13.7. The minimum Gasteiger partial charge on any atom is -0.396 e. The Bertz CT molecular complexity index is 677. The van der Waals surface area contributed by atoms with Crippen LogP contribution in [0.3, 0.4) is 0 Å². The summed E-state index contributed by atoms with van der Waals surface area (Å²) in [6.45, 7) is 5.19. The maximum atomic E-state index is 6.52. The van der Waals surface area contributed by atoms with Gasteiger partial charge in [0.1, 0.15) is 10.0 Å². The van der Waals surface area contributed by atoms with Crippen molar-refractivity contribution in [2.24, 2.45) is 0 Å². The molecule has 2 heterocycles. The number of nitrogens with zero attached hydrogens (tertiary/aromatic N) is 3. The molecule has 34 heavy (non-hydrogen) atoms. The van der Waals surface area contributed by atoms with Crippen molar-refractivity contribution < 1.29 is 0 Å². The average molecular weight is 514 g/mol. The van der Waals surface area contributed by atoms with E-state index in [9.17, 15) is 0 Å². The summed E-state index contributed by atoms with van der Waals surface area (Å²) in [6.07, 6.45) is 24.5. The Balaban J connectivity index is 1.52. The molecule has 196 valence electrons. The summed E-state index contributed by atoms with van der Waals surface area (Å²) in [4.78, 5) is 9.18. The first-order valence-electron chi connectivity index (χ1n) is 14.2. The lowest BCUT2D eigenvalue weighted by Gasteiger charge is -2.25. The Labute approximate surface area is 220 Å². The fraction of sp³-hybridized carbons (Fsp3) is 0.821. The molecular weight excluding hydrogens is 463 g/mol. The summed E-state index contributed by atoms with van der Waals surface area (Å²) in [7, 11) is 2.06. The molecule has 0 spiro atoms. The van der Waals surface area contributed by atoms with E-state index in [0.717, 1.165) is 37.7 Å². The minimum absolute atomic E-state index is 0.453. The fourth-order valence-corrected chi connectivity index (χ4v) is 5.52. The summed E-state index contributed by atoms with van der Waals surface area (Å²) in [5, 5.41) is 0.971. The number of nitrogens with two attached hydrogens (primary N) is 1. The summed E-state index contributed by atoms with van der Waals surface area (Å²) in [5.41, 5.74) is 6.67. The second-order valence-corrected chi connectivity index (χ2v) is 11.0. The van der Waals surface area contributed by atoms with Crippen LogP contribution in [0.5, 0.6) is 0 Å². The zero-order valence-corrected chi connectivity index (χ0v) is 23.5. The molecule has 2 rings (SSSR count). The zero-order valence-electron chi connectivity index (χ0n) is 22.0. The largest absolute Gasteiger partial charge is 0.396 e. The number of halogens is 2. The van der Waals surface area contributed by atoms with Gasteiger partial charge in [-0.2, -0.15) is 0 Å². The van der Waals surface area contributed by atoms with Crippen molar-refractivity contribution in [2.45, 2.75) is 122 Å². The third-order valence-electron chi connectivity index (χ3n) is 7.19. The van der Waals surface area contributed by atoms with Gasteiger partial charge in [-0.05, 0) is 19.3 Å². The number of anilines is 3. The number of hydrogen-bond donors (Lipinski definition) is 1. The highest BCUT2D eigenvalue weighted by Gasteiger charge is 2.23. The first-order valence-corrected chi connectivity index (χ1v) is 14.9. The first-order chi connectivity index (χ1) is 16.6. The number of unbranched alkanes of at least 4 members (excludes halogenated alkanes) is 15. The Morgan fingerprint density at radius 2 is 1.18 bits per heavy atom. The molecular formula is C28H50Cl2N4. The molecule has 4 nitrogen and oxygen atoms in total. The SMILES string of the molecule is CCCCCCCCCCCCCCCCCCN(C)c1nc(N2CCCC2)c(Cl)c(N)c1Cl. The van der Waals surface area contributed by atoms with Crippen molar-refractivity contribution in [1.29, 1.82) is 0 Å². The van der Waals surface area contributed by atoms with Crippen LogP contribution in [0.1, 0.15) is 122 Å². The minimum atomic E-state index is 0.453. The van der Waals surface area contributed by atoms with Crippen molar-refractivity contribution in [3.63, 3.8) is 0 Å². The van der Waals surface area contributed by atoms with Crippen LogP contribution in [0.15, 0.2) is 0 Å². The number of pyridine rings is 1. The molecule has 1 aromatic rings. The molecule has 1 aliphatic rings. The first kappa shape index (κ1) is 29.4. The zero-order chi connectivity index (χ0) is 24.6. The van der Waals surface area contributed by atoms with Gasteiger partial charge in [0, 0.05) is 26.7 Å². The molecule has 0 aliphatic carbocycles. The van der Waals surface area contributed by atoms with Crippen LogP contribution in [0.4, 0.5) is 17.3 Å². The van der Waals surface area contributed by atoms with E-state index < -0.39 is 0 Å². The van der Waals surface area contributed by atoms with Gasteiger partial charge in [-0.15, -0.1) is 0 Å². The summed E-state index contributed by atoms with van der Waals surface area (Å²) in [5.74, 6) is 1.54. The average Bonchev–Trinajstić information content (AvgIpc) is 3.37. The maximum Gasteiger partial charge on any atom is 0.152 e. The Morgan fingerprint density at radius 3 is 1.65 bits per heavy atom. The highest BCUT2D eigenvalue weighted by atomic mass is 35.5. The van der Waals surface area contributed by atoms with Gasteiger partial charge in [-0.1, -0.05) is 126 Å². The van der Waals surface area contributed by atoms with Crippen LogP contribution in [0, 0.1) is 0 Å². The molecule has 1 aromatic heterocycles. The molecule has 6 heteroatoms. The van der Waals surface area contributed by atoms with Gasteiger partial charge < -0.3 is 15.5 Å². The van der Waals surface area contributed by atoms with Crippen LogP contribution in [0.2, 0.25) is 10.0 Å². The number of rotatable bonds is 19. The van der Waals surface area contributed by atoms with Crippen LogP contribution in [-0.2, 0) is 0 Å². The third kappa shape index (κ3) is 10.4. The van der Waals surface area contributed by atoms with Crippen LogP contribution >= 0.6 is 23.2 Å². The quantitative estimate of drug-likeness (QED) is 0.187. The van der Waals surface area contributed by atoms with Crippen molar-refractivity contribution in [1.82, 2.24) is 4.98 Å². The van der Waals surface area contributed by atoms with Gasteiger partial charge in [0.15, 0.2) is 11.6 Å². The van der Waals surface area contributed by atoms with Gasteiger partial charge >= 0.3 is 0 Å². The predicted octanol–water partition coefficient (Wildman–Crippen LogP) is 9.27. The standard InChI is InChI=1S/C28H50Cl2N4/c1-3-4-5-6-7-8-9-10-11-12-13-14-15-16-17-18-21-33(2)27-24(29)26(31)25(30)28(32-27)34-22-19-20-23-34/h3-23H2,1-2H3,(H2,31,32). The number of hydrogen-bond acceptors (Lipinski definition) is 4. The van der Waals surface area contributed by atoms with Crippen molar-refractivity contribution in [3.05, 3.63) is 10.0 Å². The molecule has 0 bridgehead atoms. The van der Waals surface area contributed by atoms with E-state index in [1.54, 1.807) is 0 Å². The lowest BCUT2D eigenvalue weighted by molar-refractivity contribution is 0.529. The van der Waals surface area contributed by atoms with E-state index in [2.05, 4.69) is 23.8 Å². The van der Waals surface area contributed by atoms with Crippen molar-refractivity contribution >= 4 is 40.5 Å². The van der Waals surface area contributed by atoms with Crippen LogP contribution in [-0.4, -0.2) is 31.7 Å². The maximum absolute atomic E-state index is 6.52. The van der Waals surface area contributed by atoms with Gasteiger partial charge in [0.2, 0.25) is 0 Å². The lowest BCUT2D eigenvalue weighted by Crippen LogP contribution is -2.24. The van der Waals surface area contributed by atoms with Gasteiger partial charge in [0.05, 0.1) is 5.69 Å². The third-order valence-corrected chi connectivity index (χ3v) is 7.94. The summed E-state index contributed by atoms with van der Waals surface area (Å²) >= 11 is 13.0. The highest BCUT2D eigenvalue weighted by Crippen LogP contribution is 2.40. The monoisotopic (exact) mass is 512 g/mol. The number of nitrogen functional groups attached to an aromatic ring is 1. The molecule has 2 N–H and O–H groups in total. The van der Waals surface area contributed by atoms with Crippen LogP contribution in [0.25, 0.3) is 0 Å². The highest BCUT2D eigenvalue weighted by molar-refractivity contribution is 6.41. The fourth-order valence-electron chi connectivity index (χ4n) is 4.93. The smallest absolute Gasteiger partial charge is 0.152 e. The van der Waals surface area contributed by atoms with Crippen LogP contribution < -0.4 is 15.5 Å². The van der Waals surface area contributed by atoms with Crippen molar-refractivity contribution in [3.8, 4) is 0 Å². The van der Waals surface area contributed by atoms with Gasteiger partial charge in [-0.3, -0.25) is 0 Å². The summed E-state index contributed by atoms with van der Waals surface area (Å²) < 4.78 is 0. The lowest BCUT2D eigenvalue weighted by atomic mass is 10.0. The molecule has 1 saturated heterocycles. The predicted molar refractivity (Wildman–Crippen MR) is 153 cm³/mol. The number of aromatic nitrogens is 1. The van der Waals surface area contributed by atoms with Crippen molar-refractivity contribution in [2.75, 3.05) is 42.2 Å². The van der Waals surface area contributed by atoms with E-state index in [1.165, 1.54) is 109 Å². The summed E-state index contributed by atoms with van der Waals surface area (Å²) in [6, 6.07) is 0. The molecule has 0 saturated carbocycles. The molecule has 0 amide bonds. The Hall–Kier alpha value is -0.870. The molecule has 0 radical (unpaired) electrons. The molecule has 1 fully saturated rings. The molecule has 0 atom stereocenters. The molecule has 0 aromatic carbocycles. The van der Waals surface area contributed by atoms with E-state index >= 15 is 0 Å². The second-order valence-electron chi connectivity index (χ2n) is 10.2. The van der Waals surface area contributed by atoms with E-state index in [1.807, 2.05) is 0 Å². The van der Waals surface area contributed by atoms with Gasteiger partial charge in [-0.25, -0.2) is 4.98 Å². The van der Waals surface area contributed by atoms with E-state index in [0.29, 0.717) is 15.7 Å². The molecule has 0 unspecified atom stereocenters. The van der Waals surface area contributed by atoms with E-state index in [4.69, 9.17) is 33.9 Å². The van der Waals surface area contributed by atoms with Gasteiger partial charge in [0.25, 0.3) is 0 Å². The Morgan fingerprint density at radius 1 is 0.735 bits per heavy atom.